The second kappa shape index (κ2) is 10.2. The minimum absolute atomic E-state index is 0.0580. The van der Waals surface area contributed by atoms with E-state index < -0.39 is 24.0 Å². The van der Waals surface area contributed by atoms with Gasteiger partial charge in [0.05, 0.1) is 18.2 Å². The molecule has 3 atom stereocenters. The van der Waals surface area contributed by atoms with Crippen LogP contribution in [0.15, 0.2) is 79.1 Å². The Morgan fingerprint density at radius 1 is 0.973 bits per heavy atom. The Morgan fingerprint density at radius 2 is 1.70 bits per heavy atom. The number of rotatable bonds is 6. The van der Waals surface area contributed by atoms with E-state index in [1.165, 1.54) is 23.2 Å². The summed E-state index contributed by atoms with van der Waals surface area (Å²) in [6.45, 7) is 0.241. The average Bonchev–Trinajstić information content (AvgIpc) is 3.51. The maximum absolute atomic E-state index is 13.8. The molecule has 2 saturated heterocycles. The lowest BCUT2D eigenvalue weighted by molar-refractivity contribution is -0.138. The lowest BCUT2D eigenvalue weighted by atomic mass is 10.0. The number of amides is 3. The van der Waals surface area contributed by atoms with Crippen LogP contribution in [0.4, 0.5) is 0 Å². The van der Waals surface area contributed by atoms with Crippen LogP contribution in [-0.4, -0.2) is 74.6 Å². The van der Waals surface area contributed by atoms with Crippen LogP contribution in [0, 0.1) is 0 Å². The molecule has 3 heterocycles. The van der Waals surface area contributed by atoms with Gasteiger partial charge in [0.25, 0.3) is 11.8 Å². The van der Waals surface area contributed by atoms with Gasteiger partial charge in [-0.1, -0.05) is 30.3 Å². The smallest absolute Gasteiger partial charge is 0.254 e. The van der Waals surface area contributed by atoms with Crippen LogP contribution in [0.5, 0.6) is 5.75 Å². The lowest BCUT2D eigenvalue weighted by Crippen LogP contribution is -2.53. The maximum Gasteiger partial charge on any atom is 0.254 e. The highest BCUT2D eigenvalue weighted by atomic mass is 16.3. The van der Waals surface area contributed by atoms with Crippen LogP contribution in [-0.2, 0) is 16.0 Å². The number of likely N-dealkylation sites (tertiary alicyclic amines) is 2. The van der Waals surface area contributed by atoms with Gasteiger partial charge in [-0.25, -0.2) is 0 Å². The van der Waals surface area contributed by atoms with E-state index in [9.17, 15) is 24.3 Å². The molecule has 0 bridgehead atoms. The van der Waals surface area contributed by atoms with Crippen molar-refractivity contribution in [1.29, 1.82) is 0 Å². The van der Waals surface area contributed by atoms with E-state index in [0.29, 0.717) is 24.1 Å². The summed E-state index contributed by atoms with van der Waals surface area (Å²) in [6, 6.07) is 16.3. The van der Waals surface area contributed by atoms with E-state index in [1.54, 1.807) is 59.6 Å². The SMILES string of the molecule is O=C(N[C@@H](Cc1ccc(O)cc1)C(=O)N1CCC2[C@H]1C(=O)CN2C(=O)c1ccccc1)c1cccnc1. The molecule has 9 nitrogen and oxygen atoms in total. The summed E-state index contributed by atoms with van der Waals surface area (Å²) in [5.74, 6) is -1.18. The second-order valence-corrected chi connectivity index (χ2v) is 9.24. The van der Waals surface area contributed by atoms with Gasteiger partial charge in [0.15, 0.2) is 5.78 Å². The van der Waals surface area contributed by atoms with Crippen LogP contribution >= 0.6 is 0 Å². The van der Waals surface area contributed by atoms with Crippen LogP contribution < -0.4 is 5.32 Å². The number of aromatic nitrogens is 1. The molecule has 5 rings (SSSR count). The third-order valence-corrected chi connectivity index (χ3v) is 6.89. The van der Waals surface area contributed by atoms with Crippen molar-refractivity contribution >= 4 is 23.5 Å². The van der Waals surface area contributed by atoms with Gasteiger partial charge in [-0.05, 0) is 48.4 Å². The maximum atomic E-state index is 13.8. The Labute approximate surface area is 213 Å². The van der Waals surface area contributed by atoms with E-state index in [1.807, 2.05) is 6.07 Å². The molecule has 3 aromatic rings. The zero-order chi connectivity index (χ0) is 25.9. The molecule has 2 aliphatic rings. The number of phenolic OH excluding ortho intramolecular Hbond substituents is 1. The first-order chi connectivity index (χ1) is 17.9. The van der Waals surface area contributed by atoms with Gasteiger partial charge in [-0.2, -0.15) is 0 Å². The first-order valence-corrected chi connectivity index (χ1v) is 12.1. The first kappa shape index (κ1) is 24.2. The summed E-state index contributed by atoms with van der Waals surface area (Å²) in [5.41, 5.74) is 1.54. The van der Waals surface area contributed by atoms with Gasteiger partial charge in [0.2, 0.25) is 5.91 Å². The number of nitrogens with zero attached hydrogens (tertiary/aromatic N) is 3. The normalized spacial score (nSPS) is 19.4. The topological polar surface area (TPSA) is 120 Å². The number of carbonyl (C=O) groups excluding carboxylic acids is 4. The summed E-state index contributed by atoms with van der Waals surface area (Å²) < 4.78 is 0. The van der Waals surface area contributed by atoms with E-state index in [0.717, 1.165) is 5.56 Å². The van der Waals surface area contributed by atoms with Gasteiger partial charge in [-0.3, -0.25) is 24.2 Å². The molecule has 2 aliphatic heterocycles. The number of fused-ring (bicyclic) bond motifs is 1. The zero-order valence-electron chi connectivity index (χ0n) is 20.0. The van der Waals surface area contributed by atoms with Crippen LogP contribution in [0.25, 0.3) is 0 Å². The Balaban J connectivity index is 1.38. The van der Waals surface area contributed by atoms with Crippen molar-refractivity contribution in [3.05, 3.63) is 95.8 Å². The summed E-state index contributed by atoms with van der Waals surface area (Å²) in [4.78, 5) is 59.9. The fourth-order valence-corrected chi connectivity index (χ4v) is 5.09. The molecule has 0 aliphatic carbocycles. The number of hydrogen-bond acceptors (Lipinski definition) is 6. The number of carbonyl (C=O) groups is 4. The number of ketones is 1. The monoisotopic (exact) mass is 498 g/mol. The molecule has 2 aromatic carbocycles. The number of phenols is 1. The summed E-state index contributed by atoms with van der Waals surface area (Å²) in [7, 11) is 0. The van der Waals surface area contributed by atoms with Gasteiger partial charge in [-0.15, -0.1) is 0 Å². The van der Waals surface area contributed by atoms with Gasteiger partial charge in [0.1, 0.15) is 17.8 Å². The number of benzene rings is 2. The molecule has 0 saturated carbocycles. The Bertz CT molecular complexity index is 1310. The van der Waals surface area contributed by atoms with Crippen molar-refractivity contribution in [3.8, 4) is 5.75 Å². The van der Waals surface area contributed by atoms with E-state index in [-0.39, 0.29) is 36.3 Å². The van der Waals surface area contributed by atoms with Crippen molar-refractivity contribution in [2.24, 2.45) is 0 Å². The quantitative estimate of drug-likeness (QED) is 0.535. The van der Waals surface area contributed by atoms with E-state index in [4.69, 9.17) is 0 Å². The molecule has 0 spiro atoms. The van der Waals surface area contributed by atoms with Crippen molar-refractivity contribution in [2.75, 3.05) is 13.1 Å². The van der Waals surface area contributed by atoms with Crippen LogP contribution in [0.2, 0.25) is 0 Å². The fourth-order valence-electron chi connectivity index (χ4n) is 5.09. The first-order valence-electron chi connectivity index (χ1n) is 12.1. The zero-order valence-corrected chi connectivity index (χ0v) is 20.0. The van der Waals surface area contributed by atoms with Crippen LogP contribution in [0.1, 0.15) is 32.7 Å². The van der Waals surface area contributed by atoms with Crippen molar-refractivity contribution in [2.45, 2.75) is 31.0 Å². The molecule has 0 radical (unpaired) electrons. The predicted octanol–water partition coefficient (Wildman–Crippen LogP) is 1.82. The molecule has 9 heteroatoms. The summed E-state index contributed by atoms with van der Waals surface area (Å²) >= 11 is 0. The largest absolute Gasteiger partial charge is 0.508 e. The number of pyridine rings is 1. The number of nitrogens with one attached hydrogen (secondary N) is 1. The highest BCUT2D eigenvalue weighted by Crippen LogP contribution is 2.31. The number of Topliss-reactive ketones (excluding diaryl/α,β-unsaturated/α-hetero) is 1. The van der Waals surface area contributed by atoms with Crippen molar-refractivity contribution in [3.63, 3.8) is 0 Å². The third-order valence-electron chi connectivity index (χ3n) is 6.89. The minimum atomic E-state index is -0.956. The standard InChI is InChI=1S/C28H26N4O5/c33-21-10-8-18(9-11-21)15-22(30-26(35)20-7-4-13-29-16-20)28(37)31-14-12-23-25(31)24(34)17-32(23)27(36)19-5-2-1-3-6-19/h1-11,13,16,22-23,25,33H,12,14-15,17H2,(H,30,35)/t22-,23?,25-/m0/s1. The molecule has 3 amide bonds. The van der Waals surface area contributed by atoms with Gasteiger partial charge < -0.3 is 20.2 Å². The van der Waals surface area contributed by atoms with Crippen molar-refractivity contribution in [1.82, 2.24) is 20.1 Å². The number of aromatic hydroxyl groups is 1. The molecular formula is C28H26N4O5. The summed E-state index contributed by atoms with van der Waals surface area (Å²) in [5, 5.41) is 12.4. The second-order valence-electron chi connectivity index (χ2n) is 9.24. The summed E-state index contributed by atoms with van der Waals surface area (Å²) in [6.07, 6.45) is 3.61. The Hall–Kier alpha value is -4.53. The van der Waals surface area contributed by atoms with E-state index >= 15 is 0 Å². The minimum Gasteiger partial charge on any atom is -0.508 e. The Morgan fingerprint density at radius 3 is 2.41 bits per heavy atom. The number of hydrogen-bond donors (Lipinski definition) is 2. The Kier molecular flexibility index (Phi) is 6.68. The molecular weight excluding hydrogens is 472 g/mol. The molecule has 2 fully saturated rings. The molecule has 1 unspecified atom stereocenters. The average molecular weight is 499 g/mol. The van der Waals surface area contributed by atoms with E-state index in [2.05, 4.69) is 10.3 Å². The molecule has 2 N–H and O–H groups in total. The van der Waals surface area contributed by atoms with Crippen LogP contribution in [0.3, 0.4) is 0 Å². The lowest BCUT2D eigenvalue weighted by Gasteiger charge is -2.28. The van der Waals surface area contributed by atoms with Crippen molar-refractivity contribution < 1.29 is 24.3 Å². The predicted molar refractivity (Wildman–Crippen MR) is 134 cm³/mol. The molecule has 1 aromatic heterocycles. The molecule has 37 heavy (non-hydrogen) atoms. The highest BCUT2D eigenvalue weighted by molar-refractivity contribution is 6.03. The van der Waals surface area contributed by atoms with Gasteiger partial charge >= 0.3 is 0 Å². The van der Waals surface area contributed by atoms with Gasteiger partial charge in [0, 0.05) is 30.9 Å². The highest BCUT2D eigenvalue weighted by Gasteiger charge is 2.52. The molecule has 188 valence electrons. The third kappa shape index (κ3) is 4.93. The fraction of sp³-hybridized carbons (Fsp3) is 0.250.